The van der Waals surface area contributed by atoms with E-state index in [0.717, 1.165) is 56.6 Å². The number of fused-ring (bicyclic) bond motifs is 1. The van der Waals surface area contributed by atoms with Crippen molar-refractivity contribution in [2.24, 2.45) is 5.92 Å². The van der Waals surface area contributed by atoms with Crippen molar-refractivity contribution in [3.63, 3.8) is 0 Å². The third-order valence-electron chi connectivity index (χ3n) is 7.98. The molecule has 4 rings (SSSR count). The fourth-order valence-corrected chi connectivity index (χ4v) is 5.72. The third-order valence-corrected chi connectivity index (χ3v) is 7.98. The minimum Gasteiger partial charge on any atom is -0.384 e. The Balaban J connectivity index is 1.30. The molecule has 0 saturated heterocycles. The van der Waals surface area contributed by atoms with Gasteiger partial charge >= 0.3 is 0 Å². The van der Waals surface area contributed by atoms with Crippen LogP contribution < -0.4 is 21.3 Å². The van der Waals surface area contributed by atoms with Crippen molar-refractivity contribution in [3.8, 4) is 0 Å². The highest BCUT2D eigenvalue weighted by Gasteiger charge is 2.27. The van der Waals surface area contributed by atoms with Crippen LogP contribution in [0.1, 0.15) is 67.6 Å². The molecule has 2 amide bonds. The Kier molecular flexibility index (Phi) is 13.0. The molecule has 0 bridgehead atoms. The number of hydrogen-bond donors (Lipinski definition) is 4. The quantitative estimate of drug-likeness (QED) is 0.206. The molecule has 0 saturated carbocycles. The van der Waals surface area contributed by atoms with Crippen LogP contribution in [0, 0.1) is 5.92 Å². The summed E-state index contributed by atoms with van der Waals surface area (Å²) in [6.07, 6.45) is 16.8. The maximum absolute atomic E-state index is 13.4. The van der Waals surface area contributed by atoms with Gasteiger partial charge < -0.3 is 26.2 Å². The van der Waals surface area contributed by atoms with Crippen molar-refractivity contribution >= 4 is 11.8 Å². The maximum atomic E-state index is 13.4. The number of hydrogen-bond acceptors (Lipinski definition) is 6. The first-order valence-electron chi connectivity index (χ1n) is 15.9. The summed E-state index contributed by atoms with van der Waals surface area (Å²) < 4.78 is 0. The smallest absolute Gasteiger partial charge is 0.251 e. The molecule has 43 heavy (non-hydrogen) atoms. The lowest BCUT2D eigenvalue weighted by molar-refractivity contribution is -0.123. The first-order chi connectivity index (χ1) is 21.1. The van der Waals surface area contributed by atoms with E-state index >= 15 is 0 Å². The van der Waals surface area contributed by atoms with E-state index in [1.54, 1.807) is 6.20 Å². The molecule has 0 spiro atoms. The first kappa shape index (κ1) is 32.2. The average Bonchev–Trinajstić information content (AvgIpc) is 3.44. The number of rotatable bonds is 18. The van der Waals surface area contributed by atoms with Gasteiger partial charge in [0.2, 0.25) is 5.91 Å². The molecule has 1 aliphatic carbocycles. The van der Waals surface area contributed by atoms with Crippen molar-refractivity contribution in [1.29, 1.82) is 0 Å². The molecular formula is C35H48N6O2. The lowest BCUT2D eigenvalue weighted by atomic mass is 9.90. The van der Waals surface area contributed by atoms with Gasteiger partial charge in [-0.05, 0) is 93.3 Å². The summed E-state index contributed by atoms with van der Waals surface area (Å²) in [5.74, 6) is -0.00565. The van der Waals surface area contributed by atoms with Gasteiger partial charge in [-0.25, -0.2) is 0 Å². The Morgan fingerprint density at radius 3 is 2.51 bits per heavy atom. The lowest BCUT2D eigenvalue weighted by Crippen LogP contribution is -2.47. The number of aromatic nitrogens is 1. The van der Waals surface area contributed by atoms with Gasteiger partial charge in [0.1, 0.15) is 6.04 Å². The molecule has 4 N–H and O–H groups in total. The molecule has 2 heterocycles. The van der Waals surface area contributed by atoms with Gasteiger partial charge in [0, 0.05) is 37.3 Å². The Hall–Kier alpha value is -3.75. The van der Waals surface area contributed by atoms with E-state index in [4.69, 9.17) is 0 Å². The Labute approximate surface area is 257 Å². The SMILES string of the molecule is CCCN(CCC)CCCC(NC(=O)c1ccc(CNCc2ccccn2)cc1)C(=O)NCCC1=CNC2C=CC=CC12. The third kappa shape index (κ3) is 10.2. The summed E-state index contributed by atoms with van der Waals surface area (Å²) in [6, 6.07) is 13.1. The van der Waals surface area contributed by atoms with Gasteiger partial charge in [0.05, 0.1) is 11.7 Å². The van der Waals surface area contributed by atoms with Crippen molar-refractivity contribution in [2.75, 3.05) is 26.2 Å². The van der Waals surface area contributed by atoms with Gasteiger partial charge in [-0.2, -0.15) is 0 Å². The summed E-state index contributed by atoms with van der Waals surface area (Å²) in [5, 5.41) is 12.9. The van der Waals surface area contributed by atoms with Crippen molar-refractivity contribution < 1.29 is 9.59 Å². The van der Waals surface area contributed by atoms with E-state index in [9.17, 15) is 9.59 Å². The minimum absolute atomic E-state index is 0.122. The number of nitrogens with zero attached hydrogens (tertiary/aromatic N) is 2. The molecule has 0 fully saturated rings. The second kappa shape index (κ2) is 17.4. The van der Waals surface area contributed by atoms with E-state index in [0.29, 0.717) is 43.6 Å². The summed E-state index contributed by atoms with van der Waals surface area (Å²) in [7, 11) is 0. The topological polar surface area (TPSA) is 98.4 Å². The van der Waals surface area contributed by atoms with Gasteiger partial charge in [-0.1, -0.05) is 56.4 Å². The van der Waals surface area contributed by atoms with Gasteiger partial charge in [0.25, 0.3) is 5.91 Å². The zero-order valence-electron chi connectivity index (χ0n) is 25.7. The normalized spacial score (nSPS) is 17.7. The van der Waals surface area contributed by atoms with Gasteiger partial charge in [0.15, 0.2) is 0 Å². The van der Waals surface area contributed by atoms with Crippen LogP contribution in [0.15, 0.2) is 84.7 Å². The first-order valence-corrected chi connectivity index (χ1v) is 15.9. The van der Waals surface area contributed by atoms with Crippen molar-refractivity contribution in [1.82, 2.24) is 31.2 Å². The largest absolute Gasteiger partial charge is 0.384 e. The van der Waals surface area contributed by atoms with Crippen LogP contribution in [0.25, 0.3) is 0 Å². The minimum atomic E-state index is -0.585. The zero-order chi connectivity index (χ0) is 30.3. The number of carbonyl (C=O) groups excluding carboxylic acids is 2. The predicted molar refractivity (Wildman–Crippen MR) is 173 cm³/mol. The van der Waals surface area contributed by atoms with E-state index in [1.165, 1.54) is 5.57 Å². The van der Waals surface area contributed by atoms with Crippen LogP contribution in [0.2, 0.25) is 0 Å². The van der Waals surface area contributed by atoms with E-state index in [2.05, 4.69) is 75.5 Å². The molecule has 3 atom stereocenters. The summed E-state index contributed by atoms with van der Waals surface area (Å²) in [5.41, 5.74) is 3.90. The fraction of sp³-hybridized carbons (Fsp3) is 0.457. The highest BCUT2D eigenvalue weighted by atomic mass is 16.2. The Morgan fingerprint density at radius 2 is 1.77 bits per heavy atom. The van der Waals surface area contributed by atoms with Gasteiger partial charge in [-0.3, -0.25) is 14.6 Å². The average molecular weight is 585 g/mol. The molecule has 8 heteroatoms. The highest BCUT2D eigenvalue weighted by Crippen LogP contribution is 2.28. The molecule has 2 aliphatic rings. The second-order valence-electron chi connectivity index (χ2n) is 11.4. The standard InChI is InChI=1S/C35H48N6O2/c1-3-21-41(22-4-2)23-9-13-33(35(43)38-20-18-29-25-39-32-12-6-5-11-31(29)32)40-34(42)28-16-14-27(15-17-28)24-36-26-30-10-7-8-19-37-30/h5-8,10-12,14-17,19,25,31-33,36,39H,3-4,9,13,18,20-24,26H2,1-2H3,(H,38,43)(H,40,42). The van der Waals surface area contributed by atoms with Crippen LogP contribution in [-0.2, 0) is 17.9 Å². The molecule has 3 unspecified atom stereocenters. The van der Waals surface area contributed by atoms with Crippen LogP contribution >= 0.6 is 0 Å². The lowest BCUT2D eigenvalue weighted by Gasteiger charge is -2.23. The molecular weight excluding hydrogens is 536 g/mol. The molecule has 2 aromatic rings. The van der Waals surface area contributed by atoms with Crippen LogP contribution in [-0.4, -0.2) is 60.0 Å². The van der Waals surface area contributed by atoms with Crippen molar-refractivity contribution in [2.45, 2.75) is 71.1 Å². The van der Waals surface area contributed by atoms with Gasteiger partial charge in [-0.15, -0.1) is 0 Å². The molecule has 1 aromatic carbocycles. The molecule has 0 radical (unpaired) electrons. The highest BCUT2D eigenvalue weighted by molar-refractivity contribution is 5.97. The summed E-state index contributed by atoms with van der Waals surface area (Å²) in [4.78, 5) is 33.4. The summed E-state index contributed by atoms with van der Waals surface area (Å²) >= 11 is 0. The predicted octanol–water partition coefficient (Wildman–Crippen LogP) is 4.48. The fourth-order valence-electron chi connectivity index (χ4n) is 5.72. The Bertz CT molecular complexity index is 1230. The number of allylic oxidation sites excluding steroid dienone is 2. The second-order valence-corrected chi connectivity index (χ2v) is 11.4. The van der Waals surface area contributed by atoms with Crippen LogP contribution in [0.4, 0.5) is 0 Å². The number of amides is 2. The molecule has 8 nitrogen and oxygen atoms in total. The van der Waals surface area contributed by atoms with Crippen molar-refractivity contribution in [3.05, 3.63) is 102 Å². The maximum Gasteiger partial charge on any atom is 0.251 e. The Morgan fingerprint density at radius 1 is 0.977 bits per heavy atom. The molecule has 1 aromatic heterocycles. The van der Waals surface area contributed by atoms with E-state index in [1.807, 2.05) is 42.5 Å². The number of nitrogens with one attached hydrogen (secondary N) is 4. The molecule has 1 aliphatic heterocycles. The van der Waals surface area contributed by atoms with E-state index < -0.39 is 6.04 Å². The number of pyridine rings is 1. The monoisotopic (exact) mass is 584 g/mol. The van der Waals surface area contributed by atoms with E-state index in [-0.39, 0.29) is 11.8 Å². The number of benzene rings is 1. The van der Waals surface area contributed by atoms with Crippen LogP contribution in [0.3, 0.4) is 0 Å². The number of carbonyl (C=O) groups is 2. The van der Waals surface area contributed by atoms with Crippen LogP contribution in [0.5, 0.6) is 0 Å². The zero-order valence-corrected chi connectivity index (χ0v) is 25.7. The molecule has 230 valence electrons. The summed E-state index contributed by atoms with van der Waals surface area (Å²) in [6.45, 7) is 9.30.